The molecule has 0 radical (unpaired) electrons. The molecule has 0 amide bonds. The van der Waals surface area contributed by atoms with Crippen LogP contribution in [-0.4, -0.2) is 22.5 Å². The van der Waals surface area contributed by atoms with Gasteiger partial charge in [-0.3, -0.25) is 0 Å². The predicted molar refractivity (Wildman–Crippen MR) is 92.7 cm³/mol. The van der Waals surface area contributed by atoms with Gasteiger partial charge >= 0.3 is 0 Å². The lowest BCUT2D eigenvalue weighted by molar-refractivity contribution is -0.0275. The first kappa shape index (κ1) is 16.4. The van der Waals surface area contributed by atoms with Crippen molar-refractivity contribution in [2.24, 2.45) is 29.1 Å². The van der Waals surface area contributed by atoms with E-state index in [1.54, 1.807) is 6.07 Å². The highest BCUT2D eigenvalue weighted by molar-refractivity contribution is 5.41. The highest BCUT2D eigenvalue weighted by Gasteiger charge is 2.60. The van der Waals surface area contributed by atoms with E-state index in [1.807, 2.05) is 12.1 Å². The first-order valence-electron chi connectivity index (χ1n) is 9.46. The van der Waals surface area contributed by atoms with E-state index in [4.69, 9.17) is 0 Å². The molecule has 0 heterocycles. The molecule has 0 aromatic heterocycles. The average Bonchev–Trinajstić information content (AvgIpc) is 2.76. The molecule has 3 aliphatic carbocycles. The molecule has 0 unspecified atom stereocenters. The van der Waals surface area contributed by atoms with Crippen molar-refractivity contribution in [1.82, 2.24) is 0 Å². The summed E-state index contributed by atoms with van der Waals surface area (Å²) in [5, 5.41) is 20.5. The van der Waals surface area contributed by atoms with Gasteiger partial charge in [0.05, 0.1) is 6.10 Å². The lowest BCUT2D eigenvalue weighted by Gasteiger charge is -2.52. The minimum absolute atomic E-state index is 0.0704. The zero-order valence-corrected chi connectivity index (χ0v) is 14.9. The van der Waals surface area contributed by atoms with Crippen LogP contribution in [0.3, 0.4) is 0 Å². The third kappa shape index (κ3) is 2.23. The normalized spacial score (nSPS) is 44.1. The molecule has 0 aliphatic heterocycles. The van der Waals surface area contributed by atoms with Gasteiger partial charge in [0.25, 0.3) is 0 Å². The first-order chi connectivity index (χ1) is 11.3. The number of aryl methyl sites for hydroxylation is 1. The quantitative estimate of drug-likeness (QED) is 0.798. The van der Waals surface area contributed by atoms with Gasteiger partial charge in [0.2, 0.25) is 0 Å². The van der Waals surface area contributed by atoms with Crippen molar-refractivity contribution in [3.8, 4) is 5.75 Å². The highest BCUT2D eigenvalue weighted by Crippen LogP contribution is 2.64. The van der Waals surface area contributed by atoms with Gasteiger partial charge in [-0.25, -0.2) is 4.39 Å². The molecule has 2 N–H and O–H groups in total. The van der Waals surface area contributed by atoms with Crippen LogP contribution >= 0.6 is 0 Å². The number of rotatable bonds is 1. The summed E-state index contributed by atoms with van der Waals surface area (Å²) in [4.78, 5) is 0. The lowest BCUT2D eigenvalue weighted by Crippen LogP contribution is -2.48. The van der Waals surface area contributed by atoms with Gasteiger partial charge in [0.15, 0.2) is 0 Å². The van der Waals surface area contributed by atoms with Crippen molar-refractivity contribution in [3.63, 3.8) is 0 Å². The maximum absolute atomic E-state index is 15.3. The van der Waals surface area contributed by atoms with Crippen LogP contribution in [0.25, 0.3) is 0 Å². The second-order valence-corrected chi connectivity index (χ2v) is 9.10. The van der Waals surface area contributed by atoms with Gasteiger partial charge in [0.1, 0.15) is 11.9 Å². The summed E-state index contributed by atoms with van der Waals surface area (Å²) in [6, 6.07) is 5.45. The Morgan fingerprint density at radius 1 is 1.25 bits per heavy atom. The number of alkyl halides is 1. The second-order valence-electron chi connectivity index (χ2n) is 9.10. The Bertz CT molecular complexity index is 643. The van der Waals surface area contributed by atoms with Crippen molar-refractivity contribution in [1.29, 1.82) is 0 Å². The highest BCUT2D eigenvalue weighted by atomic mass is 19.1. The summed E-state index contributed by atoms with van der Waals surface area (Å²) in [6.45, 7) is 6.61. The molecule has 1 aromatic carbocycles. The van der Waals surface area contributed by atoms with Crippen molar-refractivity contribution in [2.45, 2.75) is 64.6 Å². The molecular weight excluding hydrogens is 303 g/mol. The molecule has 3 heteroatoms. The molecule has 0 saturated heterocycles. The molecule has 24 heavy (non-hydrogen) atoms. The number of phenols is 1. The summed E-state index contributed by atoms with van der Waals surface area (Å²) < 4.78 is 15.3. The van der Waals surface area contributed by atoms with E-state index in [9.17, 15) is 10.2 Å². The molecule has 7 atom stereocenters. The number of phenolic OH excluding ortho intramolecular Hbond substituents is 1. The maximum Gasteiger partial charge on any atom is 0.115 e. The van der Waals surface area contributed by atoms with Gasteiger partial charge in [-0.05, 0) is 78.0 Å². The van der Waals surface area contributed by atoms with E-state index < -0.39 is 6.17 Å². The average molecular weight is 332 g/mol. The number of fused-ring (bicyclic) bond motifs is 5. The molecule has 4 rings (SSSR count). The van der Waals surface area contributed by atoms with E-state index in [1.165, 1.54) is 0 Å². The third-order valence-electron chi connectivity index (χ3n) is 7.32. The van der Waals surface area contributed by atoms with Crippen molar-refractivity contribution in [3.05, 3.63) is 29.3 Å². The Morgan fingerprint density at radius 2 is 2.00 bits per heavy atom. The number of halogens is 1. The van der Waals surface area contributed by atoms with E-state index in [0.717, 1.165) is 30.4 Å². The molecule has 132 valence electrons. The van der Waals surface area contributed by atoms with Crippen LogP contribution in [0.5, 0.6) is 5.75 Å². The number of hydrogen-bond donors (Lipinski definition) is 2. The van der Waals surface area contributed by atoms with Crippen LogP contribution in [-0.2, 0) is 6.42 Å². The topological polar surface area (TPSA) is 40.5 Å². The lowest BCUT2D eigenvalue weighted by atomic mass is 9.53. The zero-order chi connectivity index (χ0) is 17.2. The van der Waals surface area contributed by atoms with Crippen LogP contribution < -0.4 is 0 Å². The second kappa shape index (κ2) is 5.45. The van der Waals surface area contributed by atoms with E-state index in [2.05, 4.69) is 20.8 Å². The van der Waals surface area contributed by atoms with Gasteiger partial charge in [0, 0.05) is 5.92 Å². The van der Waals surface area contributed by atoms with Gasteiger partial charge in [-0.15, -0.1) is 0 Å². The molecule has 1 aromatic rings. The fourth-order valence-corrected chi connectivity index (χ4v) is 6.64. The van der Waals surface area contributed by atoms with Crippen LogP contribution in [0, 0.1) is 29.1 Å². The van der Waals surface area contributed by atoms with Crippen LogP contribution in [0.2, 0.25) is 0 Å². The number of aliphatic hydroxyl groups excluding tert-OH is 1. The fourth-order valence-electron chi connectivity index (χ4n) is 6.64. The number of aromatic hydroxyl groups is 1. The van der Waals surface area contributed by atoms with E-state index in [0.29, 0.717) is 24.2 Å². The molecule has 2 nitrogen and oxygen atoms in total. The predicted octanol–water partition coefficient (Wildman–Crippen LogP) is 4.44. The monoisotopic (exact) mass is 332 g/mol. The first-order valence-corrected chi connectivity index (χ1v) is 9.46. The van der Waals surface area contributed by atoms with Crippen LogP contribution in [0.1, 0.15) is 57.1 Å². The SMILES string of the molecule is CC(C)[C@@H]1[C@H]2[C@@H]3CCc4cc(O)ccc4[C@H]3[C@@H](F)C[C@]2(C)C[C@@H]1O. The van der Waals surface area contributed by atoms with Crippen LogP contribution in [0.4, 0.5) is 4.39 Å². The van der Waals surface area contributed by atoms with Crippen molar-refractivity contribution in [2.75, 3.05) is 0 Å². The Hall–Kier alpha value is -1.09. The summed E-state index contributed by atoms with van der Waals surface area (Å²) in [5.41, 5.74) is 2.13. The third-order valence-corrected chi connectivity index (χ3v) is 7.32. The summed E-state index contributed by atoms with van der Waals surface area (Å²) in [6.07, 6.45) is 2.03. The minimum Gasteiger partial charge on any atom is -0.508 e. The van der Waals surface area contributed by atoms with Crippen molar-refractivity contribution >= 4 is 0 Å². The van der Waals surface area contributed by atoms with E-state index >= 15 is 4.39 Å². The molecular formula is C21H29FO2. The van der Waals surface area contributed by atoms with Crippen molar-refractivity contribution < 1.29 is 14.6 Å². The van der Waals surface area contributed by atoms with E-state index in [-0.39, 0.29) is 29.1 Å². The summed E-state index contributed by atoms with van der Waals surface area (Å²) in [5.74, 6) is 1.60. The van der Waals surface area contributed by atoms with Crippen LogP contribution in [0.15, 0.2) is 18.2 Å². The Labute approximate surface area is 144 Å². The molecule has 2 fully saturated rings. The Kier molecular flexibility index (Phi) is 3.72. The standard InChI is InChI=1S/C21H29FO2/c1-11(2)18-17(24)10-21(3)9-16(22)19-14-7-5-13(23)8-12(14)4-6-15(19)20(18)21/h5,7-8,11,15-20,23-24H,4,6,9-10H2,1-3H3/t15-,16+,17+,18+,19-,20-,21-/m1/s1. The molecule has 2 saturated carbocycles. The smallest absolute Gasteiger partial charge is 0.115 e. The van der Waals surface area contributed by atoms with Gasteiger partial charge in [-0.2, -0.15) is 0 Å². The molecule has 0 spiro atoms. The Morgan fingerprint density at radius 3 is 2.71 bits per heavy atom. The molecule has 0 bridgehead atoms. The fraction of sp³-hybridized carbons (Fsp3) is 0.714. The number of aliphatic hydroxyl groups is 1. The van der Waals surface area contributed by atoms with Gasteiger partial charge in [-0.1, -0.05) is 26.8 Å². The van der Waals surface area contributed by atoms with Gasteiger partial charge < -0.3 is 10.2 Å². The zero-order valence-electron chi connectivity index (χ0n) is 14.9. The number of benzene rings is 1. The maximum atomic E-state index is 15.3. The minimum atomic E-state index is -0.849. The Balaban J connectivity index is 1.78. The molecule has 3 aliphatic rings. The number of hydrogen-bond acceptors (Lipinski definition) is 2. The summed E-state index contributed by atoms with van der Waals surface area (Å²) in [7, 11) is 0. The summed E-state index contributed by atoms with van der Waals surface area (Å²) >= 11 is 0. The largest absolute Gasteiger partial charge is 0.508 e.